The molecule has 0 aliphatic carbocycles. The molecule has 0 bridgehead atoms. The summed E-state index contributed by atoms with van der Waals surface area (Å²) in [6, 6.07) is 5.73. The van der Waals surface area contributed by atoms with Crippen molar-refractivity contribution in [3.05, 3.63) is 29.3 Å². The zero-order chi connectivity index (χ0) is 9.14. The molecule has 0 amide bonds. The molecule has 1 aromatic carbocycles. The van der Waals surface area contributed by atoms with E-state index in [9.17, 15) is 0 Å². The van der Waals surface area contributed by atoms with E-state index in [0.717, 1.165) is 17.4 Å². The van der Waals surface area contributed by atoms with Crippen molar-refractivity contribution in [3.8, 4) is 0 Å². The lowest BCUT2D eigenvalue weighted by atomic mass is 9.72. The molecular weight excluding hydrogens is 150 g/mol. The summed E-state index contributed by atoms with van der Waals surface area (Å²) in [7, 11) is 0.654. The fraction of sp³-hybridized carbons (Fsp3) is 0.250. The summed E-state index contributed by atoms with van der Waals surface area (Å²) < 4.78 is 0. The Labute approximate surface area is 73.8 Å². The summed E-state index contributed by atoms with van der Waals surface area (Å²) in [5, 5.41) is 18.1. The average Bonchev–Trinajstić information content (AvgIpc) is 2.03. The summed E-state index contributed by atoms with van der Waals surface area (Å²) >= 11 is 0. The molecule has 12 heavy (non-hydrogen) atoms. The van der Waals surface area contributed by atoms with E-state index in [1.807, 2.05) is 33.0 Å². The van der Waals surface area contributed by atoms with Gasteiger partial charge in [-0.3, -0.25) is 0 Å². The van der Waals surface area contributed by atoms with Crippen LogP contribution < -0.4 is 5.46 Å². The van der Waals surface area contributed by atoms with E-state index in [4.69, 9.17) is 10.0 Å². The largest absolute Gasteiger partial charge is 0.488 e. The molecule has 2 N–H and O–H groups in total. The van der Waals surface area contributed by atoms with E-state index in [0.29, 0.717) is 5.46 Å². The molecule has 0 radical (unpaired) electrons. The van der Waals surface area contributed by atoms with Crippen LogP contribution in [0.15, 0.2) is 18.2 Å². The third-order valence-corrected chi connectivity index (χ3v) is 2.05. The highest BCUT2D eigenvalue weighted by atomic mass is 16.4. The average molecular weight is 162 g/mol. The van der Waals surface area contributed by atoms with E-state index in [1.165, 1.54) is 0 Å². The second kappa shape index (κ2) is 3.78. The molecule has 0 saturated carbocycles. The van der Waals surface area contributed by atoms with Crippen LogP contribution in [0.4, 0.5) is 0 Å². The van der Waals surface area contributed by atoms with Crippen LogP contribution in [0.2, 0.25) is 0 Å². The topological polar surface area (TPSA) is 40.5 Å². The Kier molecular flexibility index (Phi) is 2.95. The minimum atomic E-state index is -1.35. The Bertz CT molecular complexity index is 274. The predicted octanol–water partition coefficient (Wildman–Crippen LogP) is -1.19. The Morgan fingerprint density at radius 2 is 2.08 bits per heavy atom. The standard InChI is InChI=1S/C8H12B2O2/c1-6-3-2-4-7(5-9)8(6)10(11)12/h2-4,11-12H,5,9H2,1H3. The highest BCUT2D eigenvalue weighted by Crippen LogP contribution is 2.01. The minimum absolute atomic E-state index is 0.653. The van der Waals surface area contributed by atoms with Crippen LogP contribution in [0.3, 0.4) is 0 Å². The quantitative estimate of drug-likeness (QED) is 0.536. The molecule has 1 rings (SSSR count). The third-order valence-electron chi connectivity index (χ3n) is 2.05. The Morgan fingerprint density at radius 3 is 2.50 bits per heavy atom. The molecule has 0 unspecified atom stereocenters. The van der Waals surface area contributed by atoms with Crippen LogP contribution in [0, 0.1) is 6.92 Å². The molecule has 0 aliphatic rings. The molecule has 0 aromatic heterocycles. The second-order valence-corrected chi connectivity index (χ2v) is 2.87. The maximum absolute atomic E-state index is 9.07. The minimum Gasteiger partial charge on any atom is -0.423 e. The molecule has 0 aliphatic heterocycles. The first-order valence-corrected chi connectivity index (χ1v) is 4.11. The van der Waals surface area contributed by atoms with Crippen LogP contribution in [-0.4, -0.2) is 25.0 Å². The summed E-state index contributed by atoms with van der Waals surface area (Å²) in [6.45, 7) is 1.88. The summed E-state index contributed by atoms with van der Waals surface area (Å²) in [6.07, 6.45) is 0.828. The fourth-order valence-electron chi connectivity index (χ4n) is 1.42. The SMILES string of the molecule is BCc1cccc(C)c1B(O)O. The van der Waals surface area contributed by atoms with E-state index in [2.05, 4.69) is 0 Å². The van der Waals surface area contributed by atoms with Gasteiger partial charge in [-0.2, -0.15) is 0 Å². The molecule has 0 saturated heterocycles. The van der Waals surface area contributed by atoms with Crippen LogP contribution in [-0.2, 0) is 6.32 Å². The Balaban J connectivity index is 3.20. The lowest BCUT2D eigenvalue weighted by Crippen LogP contribution is -2.35. The first-order valence-electron chi connectivity index (χ1n) is 4.11. The van der Waals surface area contributed by atoms with Crippen LogP contribution in [0.5, 0.6) is 0 Å². The van der Waals surface area contributed by atoms with Gasteiger partial charge >= 0.3 is 7.12 Å². The number of hydrogen-bond donors (Lipinski definition) is 2. The zero-order valence-electron chi connectivity index (χ0n) is 7.41. The van der Waals surface area contributed by atoms with Gasteiger partial charge in [-0.05, 0) is 12.4 Å². The van der Waals surface area contributed by atoms with E-state index in [1.54, 1.807) is 0 Å². The number of rotatable bonds is 2. The van der Waals surface area contributed by atoms with Crippen molar-refractivity contribution in [1.29, 1.82) is 0 Å². The fourth-order valence-corrected chi connectivity index (χ4v) is 1.42. The normalized spacial score (nSPS) is 9.92. The maximum atomic E-state index is 9.07. The first kappa shape index (κ1) is 9.36. The lowest BCUT2D eigenvalue weighted by Gasteiger charge is -2.09. The summed E-state index contributed by atoms with van der Waals surface area (Å²) in [5.74, 6) is 0. The van der Waals surface area contributed by atoms with Gasteiger partial charge in [0.25, 0.3) is 0 Å². The van der Waals surface area contributed by atoms with Gasteiger partial charge in [0.15, 0.2) is 0 Å². The van der Waals surface area contributed by atoms with Crippen molar-refractivity contribution in [3.63, 3.8) is 0 Å². The zero-order valence-corrected chi connectivity index (χ0v) is 7.41. The molecule has 4 heteroatoms. The van der Waals surface area contributed by atoms with Crippen LogP contribution >= 0.6 is 0 Å². The van der Waals surface area contributed by atoms with E-state index in [-0.39, 0.29) is 0 Å². The smallest absolute Gasteiger partial charge is 0.423 e. The van der Waals surface area contributed by atoms with Crippen molar-refractivity contribution in [2.75, 3.05) is 0 Å². The molecule has 62 valence electrons. The van der Waals surface area contributed by atoms with Crippen molar-refractivity contribution < 1.29 is 10.0 Å². The molecule has 0 spiro atoms. The van der Waals surface area contributed by atoms with Gasteiger partial charge in [0.2, 0.25) is 0 Å². The number of aryl methyl sites for hydroxylation is 1. The molecule has 0 heterocycles. The first-order chi connectivity index (χ1) is 5.66. The molecular formula is C8H12B2O2. The summed E-state index contributed by atoms with van der Waals surface area (Å²) in [5.41, 5.74) is 2.59. The molecule has 0 atom stereocenters. The Hall–Kier alpha value is -0.730. The lowest BCUT2D eigenvalue weighted by molar-refractivity contribution is 0.425. The summed E-state index contributed by atoms with van der Waals surface area (Å²) in [4.78, 5) is 0. The molecule has 1 aromatic rings. The van der Waals surface area contributed by atoms with E-state index >= 15 is 0 Å². The van der Waals surface area contributed by atoms with Gasteiger partial charge in [0.05, 0.1) is 0 Å². The van der Waals surface area contributed by atoms with Gasteiger partial charge < -0.3 is 10.0 Å². The molecule has 0 fully saturated rings. The van der Waals surface area contributed by atoms with Crippen molar-refractivity contribution >= 4 is 20.4 Å². The van der Waals surface area contributed by atoms with Crippen LogP contribution in [0.1, 0.15) is 11.1 Å². The monoisotopic (exact) mass is 162 g/mol. The van der Waals surface area contributed by atoms with Gasteiger partial charge in [0, 0.05) is 0 Å². The number of hydrogen-bond acceptors (Lipinski definition) is 2. The second-order valence-electron chi connectivity index (χ2n) is 2.87. The van der Waals surface area contributed by atoms with Crippen molar-refractivity contribution in [2.45, 2.75) is 13.2 Å². The highest BCUT2D eigenvalue weighted by molar-refractivity contribution is 6.60. The van der Waals surface area contributed by atoms with Crippen molar-refractivity contribution in [1.82, 2.24) is 0 Å². The predicted molar refractivity (Wildman–Crippen MR) is 53.3 cm³/mol. The van der Waals surface area contributed by atoms with Crippen molar-refractivity contribution in [2.24, 2.45) is 0 Å². The highest BCUT2D eigenvalue weighted by Gasteiger charge is 2.16. The molecule has 2 nitrogen and oxygen atoms in total. The van der Waals surface area contributed by atoms with Gasteiger partial charge in [0.1, 0.15) is 7.85 Å². The van der Waals surface area contributed by atoms with Crippen LogP contribution in [0.25, 0.3) is 0 Å². The number of benzene rings is 1. The van der Waals surface area contributed by atoms with E-state index < -0.39 is 7.12 Å². The Morgan fingerprint density at radius 1 is 1.42 bits per heavy atom. The van der Waals surface area contributed by atoms with Gasteiger partial charge in [-0.25, -0.2) is 0 Å². The van der Waals surface area contributed by atoms with Gasteiger partial charge in [-0.15, -0.1) is 0 Å². The van der Waals surface area contributed by atoms with Gasteiger partial charge in [-0.1, -0.05) is 35.6 Å². The third kappa shape index (κ3) is 1.71. The maximum Gasteiger partial charge on any atom is 0.488 e.